The van der Waals surface area contributed by atoms with Crippen LogP contribution in [0, 0.1) is 0 Å². The van der Waals surface area contributed by atoms with Crippen molar-refractivity contribution in [3.63, 3.8) is 0 Å². The molecule has 1 unspecified atom stereocenters. The standard InChI is InChI=1S/C6H9ClO3/c1-3-4(2)10-6(9)5(7)8/h4H,3H2,1-2H3. The first-order valence-electron chi connectivity index (χ1n) is 2.98. The minimum Gasteiger partial charge on any atom is -0.456 e. The van der Waals surface area contributed by atoms with Gasteiger partial charge in [0.2, 0.25) is 0 Å². The van der Waals surface area contributed by atoms with Crippen molar-refractivity contribution < 1.29 is 14.3 Å². The summed E-state index contributed by atoms with van der Waals surface area (Å²) >= 11 is 4.82. The molecular weight excluding hydrogens is 156 g/mol. The lowest BCUT2D eigenvalue weighted by Crippen LogP contribution is -2.18. The van der Waals surface area contributed by atoms with Crippen LogP contribution >= 0.6 is 11.6 Å². The van der Waals surface area contributed by atoms with E-state index in [1.54, 1.807) is 6.92 Å². The minimum atomic E-state index is -1.07. The average Bonchev–Trinajstić information content (AvgIpc) is 1.87. The van der Waals surface area contributed by atoms with Gasteiger partial charge in [0.1, 0.15) is 0 Å². The Hall–Kier alpha value is -0.570. The molecule has 3 nitrogen and oxygen atoms in total. The highest BCUT2D eigenvalue weighted by atomic mass is 35.5. The Morgan fingerprint density at radius 3 is 2.40 bits per heavy atom. The number of esters is 1. The van der Waals surface area contributed by atoms with E-state index in [2.05, 4.69) is 4.74 Å². The van der Waals surface area contributed by atoms with Gasteiger partial charge in [-0.05, 0) is 24.9 Å². The highest BCUT2D eigenvalue weighted by Crippen LogP contribution is 1.97. The first-order chi connectivity index (χ1) is 4.57. The summed E-state index contributed by atoms with van der Waals surface area (Å²) in [5.41, 5.74) is 0. The zero-order valence-electron chi connectivity index (χ0n) is 5.89. The summed E-state index contributed by atoms with van der Waals surface area (Å²) in [6, 6.07) is 0. The number of hydrogen-bond acceptors (Lipinski definition) is 3. The minimum absolute atomic E-state index is 0.241. The molecule has 58 valence electrons. The van der Waals surface area contributed by atoms with Crippen LogP contribution < -0.4 is 0 Å². The van der Waals surface area contributed by atoms with Crippen LogP contribution in [0.1, 0.15) is 20.3 Å². The van der Waals surface area contributed by atoms with E-state index in [9.17, 15) is 9.59 Å². The molecule has 0 aliphatic carbocycles. The summed E-state index contributed by atoms with van der Waals surface area (Å²) in [5.74, 6) is -0.976. The maximum Gasteiger partial charge on any atom is 0.391 e. The molecule has 0 aliphatic rings. The molecule has 0 aliphatic heterocycles. The van der Waals surface area contributed by atoms with Crippen LogP contribution in [0.4, 0.5) is 0 Å². The number of halogens is 1. The van der Waals surface area contributed by atoms with Gasteiger partial charge in [-0.1, -0.05) is 6.92 Å². The van der Waals surface area contributed by atoms with Crippen molar-refractivity contribution in [2.24, 2.45) is 0 Å². The summed E-state index contributed by atoms with van der Waals surface area (Å²) in [4.78, 5) is 20.5. The number of ether oxygens (including phenoxy) is 1. The fourth-order valence-electron chi connectivity index (χ4n) is 0.312. The van der Waals surface area contributed by atoms with E-state index in [0.717, 1.165) is 0 Å². The Balaban J connectivity index is 3.68. The molecule has 0 saturated carbocycles. The van der Waals surface area contributed by atoms with Gasteiger partial charge >= 0.3 is 11.2 Å². The molecule has 10 heavy (non-hydrogen) atoms. The van der Waals surface area contributed by atoms with Gasteiger partial charge in [0.15, 0.2) is 0 Å². The second kappa shape index (κ2) is 4.28. The Labute approximate surface area is 64.3 Å². The normalized spacial score (nSPS) is 12.3. The van der Waals surface area contributed by atoms with Crippen molar-refractivity contribution in [3.05, 3.63) is 0 Å². The second-order valence-electron chi connectivity index (χ2n) is 1.90. The van der Waals surface area contributed by atoms with Gasteiger partial charge in [-0.2, -0.15) is 0 Å². The van der Waals surface area contributed by atoms with Gasteiger partial charge in [0.25, 0.3) is 0 Å². The molecular formula is C6H9ClO3. The molecule has 0 heterocycles. The molecule has 1 atom stereocenters. The molecule has 0 spiro atoms. The van der Waals surface area contributed by atoms with Gasteiger partial charge in [0, 0.05) is 0 Å². The van der Waals surface area contributed by atoms with Crippen LogP contribution in [0.15, 0.2) is 0 Å². The fraction of sp³-hybridized carbons (Fsp3) is 0.667. The molecule has 0 fully saturated rings. The summed E-state index contributed by atoms with van der Waals surface area (Å²) in [5, 5.41) is -1.07. The molecule has 0 rings (SSSR count). The molecule has 0 bridgehead atoms. The monoisotopic (exact) mass is 164 g/mol. The Kier molecular flexibility index (Phi) is 4.03. The van der Waals surface area contributed by atoms with Crippen molar-refractivity contribution in [3.8, 4) is 0 Å². The zero-order valence-corrected chi connectivity index (χ0v) is 6.64. The number of carbonyl (C=O) groups is 2. The van der Waals surface area contributed by atoms with Crippen LogP contribution in [0.2, 0.25) is 0 Å². The Bertz CT molecular complexity index is 144. The zero-order chi connectivity index (χ0) is 8.15. The van der Waals surface area contributed by atoms with E-state index >= 15 is 0 Å². The van der Waals surface area contributed by atoms with Crippen molar-refractivity contribution >= 4 is 22.8 Å². The van der Waals surface area contributed by atoms with Crippen molar-refractivity contribution in [1.82, 2.24) is 0 Å². The van der Waals surface area contributed by atoms with E-state index in [1.807, 2.05) is 6.92 Å². The van der Waals surface area contributed by atoms with Gasteiger partial charge < -0.3 is 4.74 Å². The largest absolute Gasteiger partial charge is 0.456 e. The number of carbonyl (C=O) groups excluding carboxylic acids is 2. The summed E-state index contributed by atoms with van der Waals surface area (Å²) in [7, 11) is 0. The van der Waals surface area contributed by atoms with Crippen LogP contribution in [-0.4, -0.2) is 17.3 Å². The van der Waals surface area contributed by atoms with Crippen molar-refractivity contribution in [1.29, 1.82) is 0 Å². The molecule has 0 saturated heterocycles. The van der Waals surface area contributed by atoms with Gasteiger partial charge in [-0.3, -0.25) is 4.79 Å². The third kappa shape index (κ3) is 3.45. The third-order valence-electron chi connectivity index (χ3n) is 1.04. The van der Waals surface area contributed by atoms with Crippen LogP contribution in [0.3, 0.4) is 0 Å². The predicted molar refractivity (Wildman–Crippen MR) is 36.7 cm³/mol. The van der Waals surface area contributed by atoms with E-state index in [-0.39, 0.29) is 6.10 Å². The predicted octanol–water partition coefficient (Wildman–Crippen LogP) is 1.09. The average molecular weight is 165 g/mol. The summed E-state index contributed by atoms with van der Waals surface area (Å²) in [6.07, 6.45) is 0.436. The van der Waals surface area contributed by atoms with Crippen molar-refractivity contribution in [2.75, 3.05) is 0 Å². The highest BCUT2D eigenvalue weighted by molar-refractivity contribution is 6.80. The topological polar surface area (TPSA) is 43.4 Å². The second-order valence-corrected chi connectivity index (χ2v) is 2.24. The lowest BCUT2D eigenvalue weighted by molar-refractivity contribution is -0.154. The Morgan fingerprint density at radius 1 is 1.60 bits per heavy atom. The lowest BCUT2D eigenvalue weighted by atomic mass is 10.3. The van der Waals surface area contributed by atoms with E-state index in [0.29, 0.717) is 6.42 Å². The SMILES string of the molecule is CCC(C)OC(=O)C(=O)Cl. The van der Waals surface area contributed by atoms with E-state index < -0.39 is 11.2 Å². The van der Waals surface area contributed by atoms with Gasteiger partial charge in [-0.15, -0.1) is 0 Å². The van der Waals surface area contributed by atoms with Gasteiger partial charge in [-0.25, -0.2) is 4.79 Å². The molecule has 4 heteroatoms. The van der Waals surface area contributed by atoms with Crippen LogP contribution in [0.5, 0.6) is 0 Å². The Morgan fingerprint density at radius 2 is 2.10 bits per heavy atom. The molecule has 0 amide bonds. The fourth-order valence-corrected chi connectivity index (χ4v) is 0.357. The molecule has 0 N–H and O–H groups in total. The highest BCUT2D eigenvalue weighted by Gasteiger charge is 2.13. The van der Waals surface area contributed by atoms with E-state index in [1.165, 1.54) is 0 Å². The third-order valence-corrected chi connectivity index (χ3v) is 1.20. The molecule has 0 aromatic rings. The number of hydrogen-bond donors (Lipinski definition) is 0. The van der Waals surface area contributed by atoms with Crippen molar-refractivity contribution in [2.45, 2.75) is 26.4 Å². The van der Waals surface area contributed by atoms with Gasteiger partial charge in [0.05, 0.1) is 6.10 Å². The summed E-state index contributed by atoms with van der Waals surface area (Å²) in [6.45, 7) is 3.54. The van der Waals surface area contributed by atoms with Crippen LogP contribution in [0.25, 0.3) is 0 Å². The quantitative estimate of drug-likeness (QED) is 0.356. The number of rotatable bonds is 3. The lowest BCUT2D eigenvalue weighted by Gasteiger charge is -2.06. The molecule has 0 aromatic carbocycles. The first-order valence-corrected chi connectivity index (χ1v) is 3.36. The van der Waals surface area contributed by atoms with Crippen LogP contribution in [-0.2, 0) is 14.3 Å². The first kappa shape index (κ1) is 9.43. The smallest absolute Gasteiger partial charge is 0.391 e. The summed E-state index contributed by atoms with van der Waals surface area (Å²) < 4.78 is 4.54. The maximum atomic E-state index is 10.4. The van der Waals surface area contributed by atoms with E-state index in [4.69, 9.17) is 11.6 Å². The maximum absolute atomic E-state index is 10.4. The molecule has 0 radical (unpaired) electrons. The molecule has 0 aromatic heterocycles.